The van der Waals surface area contributed by atoms with Crippen molar-refractivity contribution in [2.45, 2.75) is 0 Å². The van der Waals surface area contributed by atoms with Crippen LogP contribution in [0.5, 0.6) is 5.75 Å². The summed E-state index contributed by atoms with van der Waals surface area (Å²) in [6, 6.07) is 14.2. The largest absolute Gasteiger partial charge is 0.497 e. The molecule has 23 heavy (non-hydrogen) atoms. The number of pyridine rings is 1. The van der Waals surface area contributed by atoms with Crippen molar-refractivity contribution in [3.8, 4) is 5.75 Å². The number of ether oxygens (including phenoxy) is 1. The van der Waals surface area contributed by atoms with Gasteiger partial charge in [-0.15, -0.1) is 0 Å². The number of hydrogen-bond donors (Lipinski definition) is 0. The van der Waals surface area contributed by atoms with E-state index in [1.165, 1.54) is 6.07 Å². The van der Waals surface area contributed by atoms with Gasteiger partial charge in [0, 0.05) is 17.6 Å². The van der Waals surface area contributed by atoms with Crippen molar-refractivity contribution >= 4 is 28.7 Å². The molecule has 5 heteroatoms. The van der Waals surface area contributed by atoms with Gasteiger partial charge in [-0.05, 0) is 42.0 Å². The lowest BCUT2D eigenvalue weighted by Gasteiger charge is -2.05. The molecule has 0 N–H and O–H groups in total. The topological polar surface area (TPSA) is 65.3 Å². The average Bonchev–Trinajstić information content (AvgIpc) is 2.59. The Morgan fingerprint density at radius 1 is 1.09 bits per heavy atom. The fourth-order valence-electron chi connectivity index (χ4n) is 2.39. The molecule has 5 nitrogen and oxygen atoms in total. The quantitative estimate of drug-likeness (QED) is 0.532. The van der Waals surface area contributed by atoms with Crippen molar-refractivity contribution in [2.75, 3.05) is 7.11 Å². The third kappa shape index (κ3) is 3.03. The van der Waals surface area contributed by atoms with Gasteiger partial charge in [0.15, 0.2) is 0 Å². The zero-order valence-corrected chi connectivity index (χ0v) is 12.5. The maximum Gasteiger partial charge on any atom is 0.276 e. The molecule has 3 aromatic rings. The smallest absolute Gasteiger partial charge is 0.276 e. The van der Waals surface area contributed by atoms with Crippen LogP contribution in [-0.4, -0.2) is 17.0 Å². The summed E-state index contributed by atoms with van der Waals surface area (Å²) < 4.78 is 5.25. The normalized spacial score (nSPS) is 11.0. The maximum atomic E-state index is 11.1. The third-order valence-electron chi connectivity index (χ3n) is 3.56. The van der Waals surface area contributed by atoms with Gasteiger partial charge < -0.3 is 4.74 Å². The molecule has 0 aliphatic carbocycles. The summed E-state index contributed by atoms with van der Waals surface area (Å²) in [5.74, 6) is 0.742. The van der Waals surface area contributed by atoms with Crippen LogP contribution in [0.3, 0.4) is 0 Å². The van der Waals surface area contributed by atoms with Crippen LogP contribution in [0.1, 0.15) is 11.1 Å². The van der Waals surface area contributed by atoms with E-state index in [-0.39, 0.29) is 10.6 Å². The van der Waals surface area contributed by atoms with E-state index in [4.69, 9.17) is 4.74 Å². The summed E-state index contributed by atoms with van der Waals surface area (Å²) >= 11 is 0. The highest BCUT2D eigenvalue weighted by atomic mass is 16.6. The van der Waals surface area contributed by atoms with E-state index in [0.29, 0.717) is 5.56 Å². The highest BCUT2D eigenvalue weighted by molar-refractivity contribution is 5.91. The minimum atomic E-state index is -0.382. The number of methoxy groups -OCH3 is 1. The van der Waals surface area contributed by atoms with Gasteiger partial charge in [0.1, 0.15) is 5.75 Å². The van der Waals surface area contributed by atoms with Crippen LogP contribution in [-0.2, 0) is 0 Å². The van der Waals surface area contributed by atoms with Gasteiger partial charge in [0.05, 0.1) is 23.1 Å². The lowest BCUT2D eigenvalue weighted by molar-refractivity contribution is -0.385. The van der Waals surface area contributed by atoms with E-state index in [1.54, 1.807) is 37.6 Å². The van der Waals surface area contributed by atoms with Crippen molar-refractivity contribution in [1.29, 1.82) is 0 Å². The highest BCUT2D eigenvalue weighted by Gasteiger charge is 2.09. The summed E-state index contributed by atoms with van der Waals surface area (Å²) in [5.41, 5.74) is 2.41. The molecule has 0 aliphatic heterocycles. The molecular formula is C18H14N2O3. The molecule has 0 atom stereocenters. The van der Waals surface area contributed by atoms with Crippen molar-refractivity contribution in [3.05, 3.63) is 76.0 Å². The van der Waals surface area contributed by atoms with Crippen LogP contribution < -0.4 is 4.74 Å². The predicted octanol–water partition coefficient (Wildman–Crippen LogP) is 4.32. The summed E-state index contributed by atoms with van der Waals surface area (Å²) in [6.45, 7) is 0. The first-order valence-corrected chi connectivity index (χ1v) is 7.03. The number of aromatic nitrogens is 1. The predicted molar refractivity (Wildman–Crippen MR) is 90.3 cm³/mol. The Morgan fingerprint density at radius 2 is 1.87 bits per heavy atom. The number of fused-ring (bicyclic) bond motifs is 1. The van der Waals surface area contributed by atoms with Gasteiger partial charge >= 0.3 is 0 Å². The van der Waals surface area contributed by atoms with E-state index in [0.717, 1.165) is 22.2 Å². The van der Waals surface area contributed by atoms with Crippen LogP contribution in [0.4, 0.5) is 5.69 Å². The minimum absolute atomic E-state index is 0.0830. The van der Waals surface area contributed by atoms with E-state index < -0.39 is 0 Å². The van der Waals surface area contributed by atoms with Crippen molar-refractivity contribution in [2.24, 2.45) is 0 Å². The fourth-order valence-corrected chi connectivity index (χ4v) is 2.39. The number of benzene rings is 2. The molecule has 0 saturated heterocycles. The Hall–Kier alpha value is -3.21. The molecular weight excluding hydrogens is 292 g/mol. The van der Waals surface area contributed by atoms with Crippen LogP contribution in [0.25, 0.3) is 23.1 Å². The van der Waals surface area contributed by atoms with Crippen LogP contribution in [0, 0.1) is 10.1 Å². The molecule has 0 unspecified atom stereocenters. The number of rotatable bonds is 4. The first-order chi connectivity index (χ1) is 11.2. The molecule has 2 aromatic carbocycles. The zero-order chi connectivity index (χ0) is 16.2. The van der Waals surface area contributed by atoms with E-state index in [9.17, 15) is 10.1 Å². The fraction of sp³-hybridized carbons (Fsp3) is 0.0556. The molecule has 0 bridgehead atoms. The molecule has 1 heterocycles. The minimum Gasteiger partial charge on any atom is -0.497 e. The SMILES string of the molecule is COc1ccc2nccc(/C=C/c3ccccc3[N+](=O)[O-])c2c1. The third-order valence-corrected chi connectivity index (χ3v) is 3.56. The van der Waals surface area contributed by atoms with Crippen molar-refractivity contribution < 1.29 is 9.66 Å². The standard InChI is InChI=1S/C18H14N2O3/c1-23-15-8-9-17-16(12-15)13(10-11-19-17)6-7-14-4-2-3-5-18(14)20(21)22/h2-12H,1H3/b7-6+. The Kier molecular flexibility index (Phi) is 4.01. The first kappa shape index (κ1) is 14.7. The molecule has 114 valence electrons. The molecule has 0 aliphatic rings. The van der Waals surface area contributed by atoms with Gasteiger partial charge in [-0.3, -0.25) is 15.1 Å². The van der Waals surface area contributed by atoms with Crippen molar-refractivity contribution in [3.63, 3.8) is 0 Å². The molecule has 0 spiro atoms. The van der Waals surface area contributed by atoms with Gasteiger partial charge in [0.25, 0.3) is 5.69 Å². The summed E-state index contributed by atoms with van der Waals surface area (Å²) in [7, 11) is 1.61. The Labute approximate surface area is 133 Å². The number of nitrogens with zero attached hydrogens (tertiary/aromatic N) is 2. The molecule has 0 saturated carbocycles. The maximum absolute atomic E-state index is 11.1. The molecule has 0 radical (unpaired) electrons. The lowest BCUT2D eigenvalue weighted by atomic mass is 10.1. The molecule has 0 amide bonds. The van der Waals surface area contributed by atoms with Gasteiger partial charge in [0.2, 0.25) is 0 Å². The average molecular weight is 306 g/mol. The monoisotopic (exact) mass is 306 g/mol. The van der Waals surface area contributed by atoms with Gasteiger partial charge in [-0.25, -0.2) is 0 Å². The number of para-hydroxylation sites is 1. The Balaban J connectivity index is 2.06. The summed E-state index contributed by atoms with van der Waals surface area (Å²) in [4.78, 5) is 15.0. The molecule has 3 rings (SSSR count). The second-order valence-corrected chi connectivity index (χ2v) is 4.93. The first-order valence-electron chi connectivity index (χ1n) is 7.03. The second-order valence-electron chi connectivity index (χ2n) is 4.93. The van der Waals surface area contributed by atoms with Gasteiger partial charge in [-0.2, -0.15) is 0 Å². The van der Waals surface area contributed by atoms with E-state index in [1.807, 2.05) is 30.3 Å². The highest BCUT2D eigenvalue weighted by Crippen LogP contribution is 2.25. The second kappa shape index (κ2) is 6.27. The number of nitro groups is 1. The Bertz CT molecular complexity index is 904. The zero-order valence-electron chi connectivity index (χ0n) is 12.5. The number of hydrogen-bond acceptors (Lipinski definition) is 4. The lowest BCUT2D eigenvalue weighted by Crippen LogP contribution is -1.90. The summed E-state index contributed by atoms with van der Waals surface area (Å²) in [5, 5.41) is 12.0. The van der Waals surface area contributed by atoms with Gasteiger partial charge in [-0.1, -0.05) is 18.2 Å². The molecule has 0 fully saturated rings. The van der Waals surface area contributed by atoms with E-state index in [2.05, 4.69) is 4.98 Å². The summed E-state index contributed by atoms with van der Waals surface area (Å²) in [6.07, 6.45) is 5.31. The van der Waals surface area contributed by atoms with Crippen LogP contribution >= 0.6 is 0 Å². The van der Waals surface area contributed by atoms with E-state index >= 15 is 0 Å². The number of nitro benzene ring substituents is 1. The van der Waals surface area contributed by atoms with Crippen LogP contribution in [0.15, 0.2) is 54.7 Å². The van der Waals surface area contributed by atoms with Crippen LogP contribution in [0.2, 0.25) is 0 Å². The molecule has 1 aromatic heterocycles. The Morgan fingerprint density at radius 3 is 2.65 bits per heavy atom. The van der Waals surface area contributed by atoms with Crippen molar-refractivity contribution in [1.82, 2.24) is 4.98 Å².